The molecule has 0 unspecified atom stereocenters. The van der Waals surface area contributed by atoms with Crippen LogP contribution in [-0.2, 0) is 11.3 Å². The summed E-state index contributed by atoms with van der Waals surface area (Å²) >= 11 is 0. The number of amides is 1. The molecule has 130 valence electrons. The molecule has 0 aliphatic rings. The van der Waals surface area contributed by atoms with Gasteiger partial charge in [-0.1, -0.05) is 17.3 Å². The minimum Gasteiger partial charge on any atom is -0.345 e. The summed E-state index contributed by atoms with van der Waals surface area (Å²) in [5, 5.41) is 11.3. The Kier molecular flexibility index (Phi) is 4.14. The van der Waals surface area contributed by atoms with E-state index in [-0.39, 0.29) is 17.9 Å². The fourth-order valence-electron chi connectivity index (χ4n) is 2.80. The fourth-order valence-corrected chi connectivity index (χ4v) is 2.80. The maximum atomic E-state index is 12.3. The summed E-state index contributed by atoms with van der Waals surface area (Å²) in [5.74, 6) is -0.120. The Morgan fingerprint density at radius 1 is 1.15 bits per heavy atom. The van der Waals surface area contributed by atoms with Crippen LogP contribution in [0.25, 0.3) is 21.9 Å². The van der Waals surface area contributed by atoms with Crippen molar-refractivity contribution < 1.29 is 4.79 Å². The summed E-state index contributed by atoms with van der Waals surface area (Å²) in [4.78, 5) is 31.6. The van der Waals surface area contributed by atoms with E-state index in [1.165, 1.54) is 4.68 Å². The number of H-pyrrole nitrogens is 1. The van der Waals surface area contributed by atoms with Crippen molar-refractivity contribution in [3.05, 3.63) is 59.1 Å². The van der Waals surface area contributed by atoms with Gasteiger partial charge in [-0.2, -0.15) is 0 Å². The molecular weight excluding hydrogens is 332 g/mol. The molecule has 0 spiro atoms. The van der Waals surface area contributed by atoms with Crippen molar-refractivity contribution in [2.75, 3.05) is 5.32 Å². The topological polar surface area (TPSA) is 106 Å². The van der Waals surface area contributed by atoms with Gasteiger partial charge in [-0.15, -0.1) is 5.10 Å². The molecule has 8 heteroatoms. The molecule has 0 fully saturated rings. The number of rotatable bonds is 5. The third-order valence-corrected chi connectivity index (χ3v) is 4.11. The average Bonchev–Trinajstić information content (AvgIpc) is 3.11. The first-order valence-electron chi connectivity index (χ1n) is 8.26. The Balaban J connectivity index is 1.37. The molecule has 8 nitrogen and oxygen atoms in total. The highest BCUT2D eigenvalue weighted by molar-refractivity contribution is 5.92. The van der Waals surface area contributed by atoms with Gasteiger partial charge in [0.05, 0.1) is 22.7 Å². The number of aryl methyl sites for hydroxylation is 1. The standard InChI is InChI=1S/C18H16N6O2/c25-17(21-12-7-8-15-16(10-12)20-11-19-15)6-3-9-24-18(26)13-4-1-2-5-14(13)22-23-24/h1-2,4-5,7-8,10-11H,3,6,9H2,(H,19,20)(H,21,25). The lowest BCUT2D eigenvalue weighted by Crippen LogP contribution is -2.25. The van der Waals surface area contributed by atoms with E-state index in [9.17, 15) is 9.59 Å². The second-order valence-corrected chi connectivity index (χ2v) is 5.92. The second kappa shape index (κ2) is 6.75. The number of fused-ring (bicyclic) bond motifs is 2. The molecule has 0 aliphatic heterocycles. The van der Waals surface area contributed by atoms with Crippen molar-refractivity contribution in [3.63, 3.8) is 0 Å². The third kappa shape index (κ3) is 3.16. The van der Waals surface area contributed by atoms with Gasteiger partial charge >= 0.3 is 0 Å². The predicted molar refractivity (Wildman–Crippen MR) is 97.8 cm³/mol. The van der Waals surface area contributed by atoms with Crippen LogP contribution in [-0.4, -0.2) is 30.9 Å². The molecule has 0 aliphatic carbocycles. The normalized spacial score (nSPS) is 11.1. The highest BCUT2D eigenvalue weighted by Gasteiger charge is 2.07. The predicted octanol–water partition coefficient (Wildman–Crippen LogP) is 2.09. The zero-order valence-corrected chi connectivity index (χ0v) is 13.8. The molecule has 1 amide bonds. The van der Waals surface area contributed by atoms with Gasteiger partial charge < -0.3 is 10.3 Å². The van der Waals surface area contributed by atoms with Crippen LogP contribution in [0.4, 0.5) is 5.69 Å². The van der Waals surface area contributed by atoms with E-state index >= 15 is 0 Å². The molecule has 2 aromatic carbocycles. The first-order chi connectivity index (χ1) is 12.7. The first kappa shape index (κ1) is 15.9. The monoisotopic (exact) mass is 348 g/mol. The smallest absolute Gasteiger partial charge is 0.277 e. The maximum Gasteiger partial charge on any atom is 0.277 e. The number of nitrogens with one attached hydrogen (secondary N) is 2. The van der Waals surface area contributed by atoms with E-state index in [1.807, 2.05) is 18.2 Å². The summed E-state index contributed by atoms with van der Waals surface area (Å²) < 4.78 is 1.30. The highest BCUT2D eigenvalue weighted by atomic mass is 16.1. The molecule has 0 atom stereocenters. The van der Waals surface area contributed by atoms with Gasteiger partial charge in [0.1, 0.15) is 5.52 Å². The second-order valence-electron chi connectivity index (χ2n) is 5.92. The van der Waals surface area contributed by atoms with E-state index in [1.54, 1.807) is 30.6 Å². The number of imidazole rings is 1. The van der Waals surface area contributed by atoms with Crippen molar-refractivity contribution in [1.29, 1.82) is 0 Å². The Hall–Kier alpha value is -3.55. The molecule has 4 rings (SSSR count). The minimum absolute atomic E-state index is 0.120. The lowest BCUT2D eigenvalue weighted by molar-refractivity contribution is -0.116. The Bertz CT molecular complexity index is 1150. The zero-order valence-electron chi connectivity index (χ0n) is 13.8. The Labute approximate surface area is 147 Å². The molecule has 0 saturated carbocycles. The average molecular weight is 348 g/mol. The molecule has 26 heavy (non-hydrogen) atoms. The number of aromatic nitrogens is 5. The van der Waals surface area contributed by atoms with E-state index in [0.29, 0.717) is 29.6 Å². The van der Waals surface area contributed by atoms with Gasteiger partial charge in [-0.05, 0) is 36.8 Å². The van der Waals surface area contributed by atoms with Crippen LogP contribution in [0, 0.1) is 0 Å². The summed E-state index contributed by atoms with van der Waals surface area (Å²) in [5.41, 5.74) is 2.79. The number of carbonyl (C=O) groups is 1. The molecule has 2 aromatic heterocycles. The number of hydrogen-bond acceptors (Lipinski definition) is 5. The molecule has 2 heterocycles. The van der Waals surface area contributed by atoms with Crippen LogP contribution in [0.15, 0.2) is 53.6 Å². The summed E-state index contributed by atoms with van der Waals surface area (Å²) in [6, 6.07) is 12.6. The first-order valence-corrected chi connectivity index (χ1v) is 8.26. The van der Waals surface area contributed by atoms with Gasteiger partial charge in [0.25, 0.3) is 5.56 Å². The fraction of sp³-hybridized carbons (Fsp3) is 0.167. The van der Waals surface area contributed by atoms with Crippen LogP contribution in [0.2, 0.25) is 0 Å². The molecule has 0 radical (unpaired) electrons. The summed E-state index contributed by atoms with van der Waals surface area (Å²) in [6.45, 7) is 0.337. The Morgan fingerprint density at radius 3 is 2.96 bits per heavy atom. The van der Waals surface area contributed by atoms with Crippen LogP contribution < -0.4 is 10.9 Å². The van der Waals surface area contributed by atoms with Crippen LogP contribution >= 0.6 is 0 Å². The van der Waals surface area contributed by atoms with Crippen LogP contribution in [0.5, 0.6) is 0 Å². The van der Waals surface area contributed by atoms with Crippen molar-refractivity contribution in [1.82, 2.24) is 25.0 Å². The number of anilines is 1. The number of hydrogen-bond donors (Lipinski definition) is 2. The molecule has 2 N–H and O–H groups in total. The lowest BCUT2D eigenvalue weighted by atomic mass is 10.2. The number of aromatic amines is 1. The van der Waals surface area contributed by atoms with Crippen molar-refractivity contribution in [2.24, 2.45) is 0 Å². The van der Waals surface area contributed by atoms with Crippen molar-refractivity contribution in [2.45, 2.75) is 19.4 Å². The SMILES string of the molecule is O=C(CCCn1nnc2ccccc2c1=O)Nc1ccc2nc[nH]c2c1. The van der Waals surface area contributed by atoms with Gasteiger partial charge in [-0.3, -0.25) is 9.59 Å². The maximum absolute atomic E-state index is 12.3. The highest BCUT2D eigenvalue weighted by Crippen LogP contribution is 2.16. The minimum atomic E-state index is -0.194. The third-order valence-electron chi connectivity index (χ3n) is 4.11. The van der Waals surface area contributed by atoms with E-state index in [0.717, 1.165) is 11.0 Å². The van der Waals surface area contributed by atoms with Gasteiger partial charge in [0.2, 0.25) is 5.91 Å². The van der Waals surface area contributed by atoms with Crippen molar-refractivity contribution >= 4 is 33.5 Å². The Morgan fingerprint density at radius 2 is 2.04 bits per heavy atom. The quantitative estimate of drug-likeness (QED) is 0.574. The molecular formula is C18H16N6O2. The van der Waals surface area contributed by atoms with Crippen molar-refractivity contribution in [3.8, 4) is 0 Å². The van der Waals surface area contributed by atoms with E-state index in [4.69, 9.17) is 0 Å². The van der Waals surface area contributed by atoms with Crippen LogP contribution in [0.3, 0.4) is 0 Å². The van der Waals surface area contributed by atoms with E-state index in [2.05, 4.69) is 25.6 Å². The number of nitrogens with zero attached hydrogens (tertiary/aromatic N) is 4. The van der Waals surface area contributed by atoms with Gasteiger partial charge in [-0.25, -0.2) is 9.67 Å². The molecule has 0 saturated heterocycles. The van der Waals surface area contributed by atoms with E-state index < -0.39 is 0 Å². The largest absolute Gasteiger partial charge is 0.345 e. The van der Waals surface area contributed by atoms with Crippen LogP contribution in [0.1, 0.15) is 12.8 Å². The zero-order chi connectivity index (χ0) is 17.9. The molecule has 4 aromatic rings. The number of benzene rings is 2. The summed E-state index contributed by atoms with van der Waals surface area (Å²) in [7, 11) is 0. The van der Waals surface area contributed by atoms with Gasteiger partial charge in [0, 0.05) is 18.7 Å². The summed E-state index contributed by atoms with van der Waals surface area (Å²) in [6.07, 6.45) is 2.38. The van der Waals surface area contributed by atoms with Gasteiger partial charge in [0.15, 0.2) is 0 Å². The lowest BCUT2D eigenvalue weighted by Gasteiger charge is -2.06. The molecule has 0 bridgehead atoms. The number of carbonyl (C=O) groups excluding carboxylic acids is 1.